The molecule has 0 saturated carbocycles. The molecule has 0 radical (unpaired) electrons. The highest BCUT2D eigenvalue weighted by Gasteiger charge is 2.10. The Hall–Kier alpha value is -3.61. The number of nitrogens with zero attached hydrogens (tertiary/aromatic N) is 2. The zero-order valence-corrected chi connectivity index (χ0v) is 17.3. The topological polar surface area (TPSA) is 82.5 Å². The van der Waals surface area contributed by atoms with Crippen molar-refractivity contribution in [1.82, 2.24) is 15.1 Å². The molecular formula is C23H25N3O4. The van der Waals surface area contributed by atoms with Crippen molar-refractivity contribution in [2.75, 3.05) is 20.8 Å². The van der Waals surface area contributed by atoms with Crippen LogP contribution in [0.3, 0.4) is 0 Å². The van der Waals surface area contributed by atoms with E-state index in [1.165, 1.54) is 10.7 Å². The average Bonchev–Trinajstić information content (AvgIpc) is 2.75. The predicted molar refractivity (Wildman–Crippen MR) is 115 cm³/mol. The van der Waals surface area contributed by atoms with Gasteiger partial charge in [0.05, 0.1) is 19.9 Å². The molecule has 2 aromatic carbocycles. The number of carbonyl (C=O) groups excluding carboxylic acids is 1. The van der Waals surface area contributed by atoms with Crippen molar-refractivity contribution in [2.24, 2.45) is 0 Å². The van der Waals surface area contributed by atoms with E-state index in [-0.39, 0.29) is 18.0 Å². The normalized spacial score (nSPS) is 10.5. The van der Waals surface area contributed by atoms with E-state index in [2.05, 4.69) is 10.4 Å². The second-order valence-corrected chi connectivity index (χ2v) is 6.82. The molecule has 0 spiro atoms. The molecule has 0 aliphatic rings. The summed E-state index contributed by atoms with van der Waals surface area (Å²) in [4.78, 5) is 24.5. The third-order valence-electron chi connectivity index (χ3n) is 4.76. The molecule has 1 N–H and O–H groups in total. The highest BCUT2D eigenvalue weighted by atomic mass is 16.5. The second kappa shape index (κ2) is 9.73. The number of ether oxygens (including phenoxy) is 2. The molecule has 1 amide bonds. The summed E-state index contributed by atoms with van der Waals surface area (Å²) in [5.41, 5.74) is 3.33. The Labute approximate surface area is 175 Å². The van der Waals surface area contributed by atoms with Gasteiger partial charge in [0.15, 0.2) is 11.5 Å². The lowest BCUT2D eigenvalue weighted by molar-refractivity contribution is -0.121. The molecule has 156 valence electrons. The first-order valence-electron chi connectivity index (χ1n) is 9.63. The highest BCUT2D eigenvalue weighted by molar-refractivity contribution is 5.75. The molecule has 0 unspecified atom stereocenters. The highest BCUT2D eigenvalue weighted by Crippen LogP contribution is 2.27. The van der Waals surface area contributed by atoms with Crippen molar-refractivity contribution in [2.45, 2.75) is 19.9 Å². The molecule has 30 heavy (non-hydrogen) atoms. The fourth-order valence-electron chi connectivity index (χ4n) is 3.14. The number of aromatic nitrogens is 2. The van der Waals surface area contributed by atoms with Crippen molar-refractivity contribution in [3.05, 3.63) is 76.1 Å². The number of benzene rings is 2. The summed E-state index contributed by atoms with van der Waals surface area (Å²) >= 11 is 0. The summed E-state index contributed by atoms with van der Waals surface area (Å²) in [6, 6.07) is 16.5. The molecule has 1 heterocycles. The molecule has 0 bridgehead atoms. The quantitative estimate of drug-likeness (QED) is 0.621. The predicted octanol–water partition coefficient (Wildman–Crippen LogP) is 2.59. The van der Waals surface area contributed by atoms with E-state index >= 15 is 0 Å². The molecule has 0 fully saturated rings. The maximum atomic E-state index is 12.3. The van der Waals surface area contributed by atoms with E-state index in [0.29, 0.717) is 30.2 Å². The third kappa shape index (κ3) is 5.05. The molecule has 0 atom stereocenters. The van der Waals surface area contributed by atoms with Crippen LogP contribution in [0.15, 0.2) is 59.4 Å². The first-order valence-corrected chi connectivity index (χ1v) is 9.63. The van der Waals surface area contributed by atoms with Gasteiger partial charge in [-0.15, -0.1) is 0 Å². The summed E-state index contributed by atoms with van der Waals surface area (Å²) in [6.07, 6.45) is 0.623. The van der Waals surface area contributed by atoms with E-state index in [0.717, 1.165) is 16.7 Å². The van der Waals surface area contributed by atoms with Gasteiger partial charge in [-0.2, -0.15) is 5.10 Å². The third-order valence-corrected chi connectivity index (χ3v) is 4.76. The molecule has 3 rings (SSSR count). The smallest absolute Gasteiger partial charge is 0.267 e. The zero-order chi connectivity index (χ0) is 21.5. The van der Waals surface area contributed by atoms with Crippen LogP contribution < -0.4 is 20.3 Å². The number of hydrogen-bond acceptors (Lipinski definition) is 5. The van der Waals surface area contributed by atoms with Crippen LogP contribution in [0.5, 0.6) is 11.5 Å². The molecule has 7 nitrogen and oxygen atoms in total. The van der Waals surface area contributed by atoms with Gasteiger partial charge >= 0.3 is 0 Å². The first-order chi connectivity index (χ1) is 14.5. The first kappa shape index (κ1) is 21.1. The molecular weight excluding hydrogens is 382 g/mol. The second-order valence-electron chi connectivity index (χ2n) is 6.82. The van der Waals surface area contributed by atoms with Crippen molar-refractivity contribution in [3.8, 4) is 22.8 Å². The zero-order valence-electron chi connectivity index (χ0n) is 17.3. The molecule has 0 aliphatic carbocycles. The van der Waals surface area contributed by atoms with Gasteiger partial charge in [0, 0.05) is 18.2 Å². The van der Waals surface area contributed by atoms with Crippen LogP contribution >= 0.6 is 0 Å². The van der Waals surface area contributed by atoms with Gasteiger partial charge in [-0.3, -0.25) is 9.59 Å². The Morgan fingerprint density at radius 3 is 2.53 bits per heavy atom. The van der Waals surface area contributed by atoms with Gasteiger partial charge in [0.1, 0.15) is 6.54 Å². The minimum absolute atomic E-state index is 0.134. The van der Waals surface area contributed by atoms with Crippen LogP contribution in [-0.2, 0) is 17.8 Å². The maximum Gasteiger partial charge on any atom is 0.267 e. The number of hydrogen-bond donors (Lipinski definition) is 1. The van der Waals surface area contributed by atoms with E-state index in [9.17, 15) is 9.59 Å². The van der Waals surface area contributed by atoms with Gasteiger partial charge in [-0.05, 0) is 42.7 Å². The number of nitrogens with one attached hydrogen (secondary N) is 1. The lowest BCUT2D eigenvalue weighted by Crippen LogP contribution is -2.34. The van der Waals surface area contributed by atoms with Crippen molar-refractivity contribution < 1.29 is 14.3 Å². The SMILES string of the molecule is COc1ccc(CCNC(=O)Cn2nc(-c3ccccc3C)ccc2=O)cc1OC. The Morgan fingerprint density at radius 1 is 1.03 bits per heavy atom. The number of amides is 1. The summed E-state index contributed by atoms with van der Waals surface area (Å²) in [7, 11) is 3.17. The minimum Gasteiger partial charge on any atom is -0.493 e. The fourth-order valence-corrected chi connectivity index (χ4v) is 3.14. The number of carbonyl (C=O) groups is 1. The number of rotatable bonds is 8. The van der Waals surface area contributed by atoms with Crippen LogP contribution in [0.4, 0.5) is 0 Å². The van der Waals surface area contributed by atoms with Gasteiger partial charge < -0.3 is 14.8 Å². The van der Waals surface area contributed by atoms with Gasteiger partial charge in [-0.1, -0.05) is 30.3 Å². The number of methoxy groups -OCH3 is 2. The molecule has 0 aliphatic heterocycles. The Morgan fingerprint density at radius 2 is 1.80 bits per heavy atom. The minimum atomic E-state index is -0.317. The standard InChI is InChI=1S/C23H25N3O4/c1-16-6-4-5-7-18(16)19-9-11-23(28)26(25-19)15-22(27)24-13-12-17-8-10-20(29-2)21(14-17)30-3/h4-11,14H,12-13,15H2,1-3H3,(H,24,27). The monoisotopic (exact) mass is 407 g/mol. The van der Waals surface area contributed by atoms with Crippen LogP contribution in [0.2, 0.25) is 0 Å². The maximum absolute atomic E-state index is 12.3. The van der Waals surface area contributed by atoms with Gasteiger partial charge in [0.25, 0.3) is 5.56 Å². The summed E-state index contributed by atoms with van der Waals surface area (Å²) < 4.78 is 11.7. The Bertz CT molecular complexity index is 1090. The fraction of sp³-hybridized carbons (Fsp3) is 0.261. The van der Waals surface area contributed by atoms with Gasteiger partial charge in [-0.25, -0.2) is 4.68 Å². The van der Waals surface area contributed by atoms with Crippen molar-refractivity contribution >= 4 is 5.91 Å². The lowest BCUT2D eigenvalue weighted by atomic mass is 10.1. The molecule has 7 heteroatoms. The average molecular weight is 407 g/mol. The van der Waals surface area contributed by atoms with E-state index in [4.69, 9.17) is 9.47 Å². The van der Waals surface area contributed by atoms with E-state index in [1.54, 1.807) is 20.3 Å². The van der Waals surface area contributed by atoms with Gasteiger partial charge in [0.2, 0.25) is 5.91 Å². The largest absolute Gasteiger partial charge is 0.493 e. The Kier molecular flexibility index (Phi) is 6.85. The molecule has 3 aromatic rings. The van der Waals surface area contributed by atoms with E-state index in [1.807, 2.05) is 49.4 Å². The molecule has 1 aromatic heterocycles. The van der Waals surface area contributed by atoms with E-state index < -0.39 is 0 Å². The Balaban J connectivity index is 1.62. The van der Waals surface area contributed by atoms with Crippen LogP contribution in [0.25, 0.3) is 11.3 Å². The van der Waals surface area contributed by atoms with Crippen molar-refractivity contribution in [1.29, 1.82) is 0 Å². The lowest BCUT2D eigenvalue weighted by Gasteiger charge is -2.11. The van der Waals surface area contributed by atoms with Crippen LogP contribution in [-0.4, -0.2) is 36.5 Å². The van der Waals surface area contributed by atoms with Crippen LogP contribution in [0.1, 0.15) is 11.1 Å². The summed E-state index contributed by atoms with van der Waals surface area (Å²) in [5.74, 6) is 1.03. The number of aryl methyl sites for hydroxylation is 1. The summed E-state index contributed by atoms with van der Waals surface area (Å²) in [5, 5.41) is 7.20. The summed E-state index contributed by atoms with van der Waals surface area (Å²) in [6.45, 7) is 2.28. The molecule has 0 saturated heterocycles. The van der Waals surface area contributed by atoms with Crippen LogP contribution in [0, 0.1) is 6.92 Å². The van der Waals surface area contributed by atoms with Crippen molar-refractivity contribution in [3.63, 3.8) is 0 Å².